The van der Waals surface area contributed by atoms with Gasteiger partial charge in [0.1, 0.15) is 5.76 Å². The number of anilines is 1. The lowest BCUT2D eigenvalue weighted by Crippen LogP contribution is -2.41. The smallest absolute Gasteiger partial charge is 0.264 e. The van der Waals surface area contributed by atoms with Gasteiger partial charge in [0.25, 0.3) is 5.91 Å². The predicted octanol–water partition coefficient (Wildman–Crippen LogP) is 4.11. The predicted molar refractivity (Wildman–Crippen MR) is 111 cm³/mol. The Hall–Kier alpha value is -3.44. The number of furan rings is 1. The van der Waals surface area contributed by atoms with Crippen molar-refractivity contribution in [3.8, 4) is 0 Å². The number of ketones is 1. The van der Waals surface area contributed by atoms with Crippen LogP contribution in [0.3, 0.4) is 0 Å². The van der Waals surface area contributed by atoms with E-state index in [1.165, 1.54) is 4.90 Å². The Morgan fingerprint density at radius 2 is 1.79 bits per heavy atom. The molecular formula is C24H21NO4. The first-order valence-corrected chi connectivity index (χ1v) is 9.44. The van der Waals surface area contributed by atoms with Gasteiger partial charge in [0.15, 0.2) is 11.4 Å². The van der Waals surface area contributed by atoms with Crippen LogP contribution < -0.4 is 4.90 Å². The van der Waals surface area contributed by atoms with Crippen molar-refractivity contribution >= 4 is 23.5 Å². The van der Waals surface area contributed by atoms with Crippen molar-refractivity contribution in [3.05, 3.63) is 95.5 Å². The minimum Gasteiger partial charge on any atom is -0.458 e. The molecule has 1 aliphatic heterocycles. The molecule has 0 bridgehead atoms. The van der Waals surface area contributed by atoms with Crippen LogP contribution in [0.15, 0.2) is 77.2 Å². The molecular weight excluding hydrogens is 366 g/mol. The van der Waals surface area contributed by atoms with Crippen LogP contribution in [-0.4, -0.2) is 23.3 Å². The molecule has 0 spiro atoms. The number of aryl methyl sites for hydroxylation is 1. The third kappa shape index (κ3) is 3.52. The summed E-state index contributed by atoms with van der Waals surface area (Å²) < 4.78 is 5.37. The van der Waals surface area contributed by atoms with Crippen molar-refractivity contribution in [1.82, 2.24) is 0 Å². The van der Waals surface area contributed by atoms with Crippen molar-refractivity contribution in [2.45, 2.75) is 18.9 Å². The molecule has 0 fully saturated rings. The van der Waals surface area contributed by atoms with Gasteiger partial charge in [-0.15, -0.1) is 0 Å². The van der Waals surface area contributed by atoms with Crippen molar-refractivity contribution in [3.63, 3.8) is 0 Å². The molecule has 1 amide bonds. The second kappa shape index (κ2) is 7.53. The Morgan fingerprint density at radius 3 is 2.52 bits per heavy atom. The number of hydrogen-bond donors (Lipinski definition) is 1. The van der Waals surface area contributed by atoms with Crippen LogP contribution in [-0.2, 0) is 10.4 Å². The number of benzene rings is 2. The highest BCUT2D eigenvalue weighted by atomic mass is 16.3. The van der Waals surface area contributed by atoms with E-state index in [-0.39, 0.29) is 12.2 Å². The van der Waals surface area contributed by atoms with Crippen molar-refractivity contribution in [2.75, 3.05) is 11.4 Å². The molecule has 2 aromatic carbocycles. The number of aliphatic hydroxyl groups is 1. The average molecular weight is 387 g/mol. The minimum absolute atomic E-state index is 0.142. The summed E-state index contributed by atoms with van der Waals surface area (Å²) in [6.45, 7) is 2.03. The summed E-state index contributed by atoms with van der Waals surface area (Å²) in [5.74, 6) is -0.173. The first-order chi connectivity index (χ1) is 14.0. The van der Waals surface area contributed by atoms with E-state index in [1.54, 1.807) is 37.3 Å². The molecule has 0 aliphatic carbocycles. The summed E-state index contributed by atoms with van der Waals surface area (Å²) in [6.07, 6.45) is 3.42. The van der Waals surface area contributed by atoms with E-state index in [0.717, 1.165) is 5.56 Å². The molecule has 3 aromatic rings. The third-order valence-electron chi connectivity index (χ3n) is 5.07. The van der Waals surface area contributed by atoms with E-state index in [4.69, 9.17) is 4.42 Å². The van der Waals surface area contributed by atoms with Crippen LogP contribution in [0.4, 0.5) is 5.69 Å². The second-order valence-corrected chi connectivity index (χ2v) is 7.12. The SMILES string of the molecule is Cc1ccc(C(=O)C[C@]2(O)C(=O)N(C/C=C/c3ccccc3)c3ccccc32)o1. The Kier molecular flexibility index (Phi) is 4.91. The molecule has 1 N–H and O–H groups in total. The fourth-order valence-corrected chi connectivity index (χ4v) is 3.62. The van der Waals surface area contributed by atoms with Crippen LogP contribution >= 0.6 is 0 Å². The number of hydrogen-bond acceptors (Lipinski definition) is 4. The zero-order chi connectivity index (χ0) is 20.4. The Balaban J connectivity index is 1.60. The lowest BCUT2D eigenvalue weighted by Gasteiger charge is -2.21. The Bertz CT molecular complexity index is 1080. The first kappa shape index (κ1) is 18.9. The first-order valence-electron chi connectivity index (χ1n) is 9.44. The van der Waals surface area contributed by atoms with Crippen LogP contribution in [0.2, 0.25) is 0 Å². The van der Waals surface area contributed by atoms with Crippen molar-refractivity contribution in [2.24, 2.45) is 0 Å². The molecule has 0 unspecified atom stereocenters. The maximum atomic E-state index is 13.2. The molecule has 0 saturated heterocycles. The maximum absolute atomic E-state index is 13.2. The quantitative estimate of drug-likeness (QED) is 0.646. The van der Waals surface area contributed by atoms with E-state index >= 15 is 0 Å². The number of para-hydroxylation sites is 1. The zero-order valence-electron chi connectivity index (χ0n) is 16.0. The van der Waals surface area contributed by atoms with Crippen molar-refractivity contribution in [1.29, 1.82) is 0 Å². The van der Waals surface area contributed by atoms with E-state index in [9.17, 15) is 14.7 Å². The van der Waals surface area contributed by atoms with Crippen LogP contribution in [0.1, 0.15) is 33.9 Å². The molecule has 5 heteroatoms. The van der Waals surface area contributed by atoms with Gasteiger partial charge in [0, 0.05) is 12.1 Å². The van der Waals surface area contributed by atoms with Gasteiger partial charge >= 0.3 is 0 Å². The number of nitrogens with zero attached hydrogens (tertiary/aromatic N) is 1. The molecule has 5 nitrogen and oxygen atoms in total. The van der Waals surface area contributed by atoms with E-state index in [2.05, 4.69) is 0 Å². The number of amides is 1. The number of fused-ring (bicyclic) bond motifs is 1. The lowest BCUT2D eigenvalue weighted by molar-refractivity contribution is -0.135. The second-order valence-electron chi connectivity index (χ2n) is 7.12. The van der Waals surface area contributed by atoms with Gasteiger partial charge in [-0.1, -0.05) is 60.7 Å². The van der Waals surface area contributed by atoms with E-state index < -0.39 is 17.3 Å². The van der Waals surface area contributed by atoms with Gasteiger partial charge in [0.05, 0.1) is 12.1 Å². The Morgan fingerprint density at radius 1 is 1.07 bits per heavy atom. The zero-order valence-corrected chi connectivity index (χ0v) is 16.0. The average Bonchev–Trinajstić information content (AvgIpc) is 3.25. The largest absolute Gasteiger partial charge is 0.458 e. The lowest BCUT2D eigenvalue weighted by atomic mass is 9.89. The third-order valence-corrected chi connectivity index (χ3v) is 5.07. The van der Waals surface area contributed by atoms with Gasteiger partial charge in [-0.05, 0) is 30.7 Å². The van der Waals surface area contributed by atoms with Crippen LogP contribution in [0, 0.1) is 6.92 Å². The standard InChI is InChI=1S/C24H21NO4/c1-17-13-14-22(29-17)21(26)16-24(28)19-11-5-6-12-20(19)25(23(24)27)15-7-10-18-8-3-2-4-9-18/h2-14,28H,15-16H2,1H3/b10-7+/t24-/m1/s1. The van der Waals surface area contributed by atoms with Crippen molar-refractivity contribution < 1.29 is 19.1 Å². The van der Waals surface area contributed by atoms with E-state index in [0.29, 0.717) is 23.6 Å². The minimum atomic E-state index is -1.91. The van der Waals surface area contributed by atoms with Gasteiger partial charge in [0.2, 0.25) is 5.78 Å². The molecule has 2 heterocycles. The topological polar surface area (TPSA) is 70.8 Å². The fourth-order valence-electron chi connectivity index (χ4n) is 3.62. The highest BCUT2D eigenvalue weighted by molar-refractivity contribution is 6.10. The summed E-state index contributed by atoms with van der Waals surface area (Å²) in [7, 11) is 0. The van der Waals surface area contributed by atoms with Gasteiger partial charge in [-0.25, -0.2) is 0 Å². The molecule has 1 aromatic heterocycles. The molecule has 29 heavy (non-hydrogen) atoms. The molecule has 4 rings (SSSR count). The van der Waals surface area contributed by atoms with Gasteiger partial charge in [-0.2, -0.15) is 0 Å². The molecule has 1 atom stereocenters. The summed E-state index contributed by atoms with van der Waals surface area (Å²) in [5, 5.41) is 11.3. The molecule has 146 valence electrons. The Labute approximate surface area is 168 Å². The number of rotatable bonds is 6. The summed E-state index contributed by atoms with van der Waals surface area (Å²) in [6, 6.07) is 20.0. The number of carbonyl (C=O) groups excluding carboxylic acids is 2. The van der Waals surface area contributed by atoms with E-state index in [1.807, 2.05) is 48.6 Å². The summed E-state index contributed by atoms with van der Waals surface area (Å²) >= 11 is 0. The highest BCUT2D eigenvalue weighted by Gasteiger charge is 2.50. The summed E-state index contributed by atoms with van der Waals surface area (Å²) in [4.78, 5) is 27.3. The molecule has 1 aliphatic rings. The van der Waals surface area contributed by atoms with Gasteiger partial charge < -0.3 is 14.4 Å². The van der Waals surface area contributed by atoms with Crippen LogP contribution in [0.25, 0.3) is 6.08 Å². The normalized spacial score (nSPS) is 18.4. The number of carbonyl (C=O) groups is 2. The van der Waals surface area contributed by atoms with Gasteiger partial charge in [-0.3, -0.25) is 9.59 Å². The monoisotopic (exact) mass is 387 g/mol. The molecule has 0 saturated carbocycles. The maximum Gasteiger partial charge on any atom is 0.264 e. The van der Waals surface area contributed by atoms with Crippen LogP contribution in [0.5, 0.6) is 0 Å². The highest BCUT2D eigenvalue weighted by Crippen LogP contribution is 2.42. The fraction of sp³-hybridized carbons (Fsp3) is 0.167. The number of Topliss-reactive ketones (excluding diaryl/α,β-unsaturated/α-hetero) is 1. The summed E-state index contributed by atoms with van der Waals surface area (Å²) in [5.41, 5.74) is 0.163. The molecule has 0 radical (unpaired) electrons.